The number of hydrogen-bond acceptors (Lipinski definition) is 0. The Labute approximate surface area is 109 Å². The summed E-state index contributed by atoms with van der Waals surface area (Å²) in [6, 6.07) is 0. The summed E-state index contributed by atoms with van der Waals surface area (Å²) in [6.07, 6.45) is 15.7. The summed E-state index contributed by atoms with van der Waals surface area (Å²) in [6.45, 7) is 4.65. The topological polar surface area (TPSA) is 19.9 Å². The highest BCUT2D eigenvalue weighted by molar-refractivity contribution is 4.61. The molecule has 0 aromatic heterocycles. The quantitative estimate of drug-likeness (QED) is 0.366. The Morgan fingerprint density at radius 1 is 0.647 bits per heavy atom. The van der Waals surface area contributed by atoms with Crippen LogP contribution in [0.4, 0.5) is 0 Å². The minimum Gasteiger partial charge on any atom is -0.237 e. The molecule has 0 saturated carbocycles. The van der Waals surface area contributed by atoms with Crippen LogP contribution >= 0.6 is 0 Å². The second-order valence-corrected chi connectivity index (χ2v) is 5.41. The van der Waals surface area contributed by atoms with Crippen molar-refractivity contribution in [3.8, 4) is 0 Å². The van der Waals surface area contributed by atoms with Gasteiger partial charge in [0.2, 0.25) is 0 Å². The van der Waals surface area contributed by atoms with Crippen LogP contribution in [0.1, 0.15) is 90.9 Å². The Morgan fingerprint density at radius 3 is 1.53 bits per heavy atom. The minimum absolute atomic E-state index is 0.125. The van der Waals surface area contributed by atoms with E-state index in [-0.39, 0.29) is 6.61 Å². The molecule has 0 amide bonds. The SMILES string of the molecule is CCCCCCC(CCC[O])CCCCCC. The maximum absolute atomic E-state index is 10.6. The molecule has 0 aromatic rings. The average Bonchev–Trinajstić information content (AvgIpc) is 2.35. The van der Waals surface area contributed by atoms with Gasteiger partial charge in [0.25, 0.3) is 0 Å². The summed E-state index contributed by atoms with van der Waals surface area (Å²) in [7, 11) is 0. The molecule has 17 heavy (non-hydrogen) atoms. The zero-order valence-corrected chi connectivity index (χ0v) is 12.2. The Hall–Kier alpha value is -0.0400. The summed E-state index contributed by atoms with van der Waals surface area (Å²) in [5.41, 5.74) is 0. The van der Waals surface area contributed by atoms with Gasteiger partial charge >= 0.3 is 0 Å². The molecule has 0 rings (SSSR count). The molecule has 1 radical (unpaired) electrons. The van der Waals surface area contributed by atoms with E-state index in [1.54, 1.807) is 0 Å². The van der Waals surface area contributed by atoms with Crippen LogP contribution in [0.5, 0.6) is 0 Å². The van der Waals surface area contributed by atoms with Gasteiger partial charge in [0.05, 0.1) is 6.61 Å². The number of unbranched alkanes of at least 4 members (excludes halogenated alkanes) is 6. The molecule has 0 bridgehead atoms. The van der Waals surface area contributed by atoms with E-state index in [4.69, 9.17) is 0 Å². The van der Waals surface area contributed by atoms with E-state index in [0.717, 1.165) is 12.3 Å². The van der Waals surface area contributed by atoms with Gasteiger partial charge in [-0.25, -0.2) is 5.11 Å². The number of rotatable bonds is 13. The van der Waals surface area contributed by atoms with E-state index in [1.165, 1.54) is 70.6 Å². The zero-order valence-electron chi connectivity index (χ0n) is 12.2. The third-order valence-corrected chi connectivity index (χ3v) is 3.69. The van der Waals surface area contributed by atoms with Crippen LogP contribution in [0.25, 0.3) is 0 Å². The van der Waals surface area contributed by atoms with Crippen molar-refractivity contribution < 1.29 is 5.11 Å². The third-order valence-electron chi connectivity index (χ3n) is 3.69. The predicted molar refractivity (Wildman–Crippen MR) is 75.8 cm³/mol. The van der Waals surface area contributed by atoms with Crippen molar-refractivity contribution >= 4 is 0 Å². The van der Waals surface area contributed by atoms with Crippen molar-refractivity contribution in [3.05, 3.63) is 0 Å². The molecule has 0 N–H and O–H groups in total. The fourth-order valence-corrected chi connectivity index (χ4v) is 2.52. The third kappa shape index (κ3) is 12.2. The normalized spacial score (nSPS) is 11.3. The molecular weight excluding hydrogens is 208 g/mol. The fraction of sp³-hybridized carbons (Fsp3) is 1.00. The highest BCUT2D eigenvalue weighted by Gasteiger charge is 2.08. The molecule has 0 spiro atoms. The Kier molecular flexibility index (Phi) is 14.0. The maximum Gasteiger partial charge on any atom is 0.0822 e. The van der Waals surface area contributed by atoms with Crippen molar-refractivity contribution in [1.82, 2.24) is 0 Å². The van der Waals surface area contributed by atoms with E-state index in [2.05, 4.69) is 13.8 Å². The van der Waals surface area contributed by atoms with Gasteiger partial charge in [0.1, 0.15) is 0 Å². The van der Waals surface area contributed by atoms with Crippen molar-refractivity contribution in [2.45, 2.75) is 90.9 Å². The van der Waals surface area contributed by atoms with Crippen LogP contribution < -0.4 is 0 Å². The van der Waals surface area contributed by atoms with Crippen LogP contribution in [0.3, 0.4) is 0 Å². The molecule has 0 aromatic carbocycles. The highest BCUT2D eigenvalue weighted by Crippen LogP contribution is 2.22. The molecule has 0 aliphatic heterocycles. The monoisotopic (exact) mass is 241 g/mol. The van der Waals surface area contributed by atoms with Crippen molar-refractivity contribution in [1.29, 1.82) is 0 Å². The minimum atomic E-state index is 0.125. The van der Waals surface area contributed by atoms with E-state index in [9.17, 15) is 5.11 Å². The molecule has 1 heteroatoms. The van der Waals surface area contributed by atoms with Crippen LogP contribution in [-0.4, -0.2) is 6.61 Å². The average molecular weight is 241 g/mol. The Balaban J connectivity index is 3.56. The van der Waals surface area contributed by atoms with Gasteiger partial charge in [-0.05, 0) is 18.8 Å². The standard InChI is InChI=1S/C16H33O/c1-3-5-7-9-12-16(14-11-15-17)13-10-8-6-4-2/h16H,3-15H2,1-2H3. The van der Waals surface area contributed by atoms with Crippen molar-refractivity contribution in [2.75, 3.05) is 6.61 Å². The molecule has 0 fully saturated rings. The van der Waals surface area contributed by atoms with Gasteiger partial charge in [-0.15, -0.1) is 0 Å². The molecular formula is C16H33O. The summed E-state index contributed by atoms with van der Waals surface area (Å²) in [5, 5.41) is 10.6. The first-order valence-electron chi connectivity index (χ1n) is 7.93. The first kappa shape index (κ1) is 17.0. The summed E-state index contributed by atoms with van der Waals surface area (Å²) in [5.74, 6) is 0.845. The van der Waals surface area contributed by atoms with Crippen molar-refractivity contribution in [2.24, 2.45) is 5.92 Å². The van der Waals surface area contributed by atoms with Crippen LogP contribution in [0.15, 0.2) is 0 Å². The van der Waals surface area contributed by atoms with Crippen LogP contribution in [0.2, 0.25) is 0 Å². The number of hydrogen-bond donors (Lipinski definition) is 0. The van der Waals surface area contributed by atoms with Crippen molar-refractivity contribution in [3.63, 3.8) is 0 Å². The fourth-order valence-electron chi connectivity index (χ4n) is 2.52. The Morgan fingerprint density at radius 2 is 1.12 bits per heavy atom. The second kappa shape index (κ2) is 14.0. The molecule has 103 valence electrons. The predicted octanol–water partition coefficient (Wildman–Crippen LogP) is 5.75. The lowest BCUT2D eigenvalue weighted by Crippen LogP contribution is -2.02. The second-order valence-electron chi connectivity index (χ2n) is 5.41. The smallest absolute Gasteiger partial charge is 0.0822 e. The summed E-state index contributed by atoms with van der Waals surface area (Å²) in [4.78, 5) is 0. The largest absolute Gasteiger partial charge is 0.237 e. The maximum atomic E-state index is 10.6. The van der Waals surface area contributed by atoms with E-state index in [0.29, 0.717) is 0 Å². The first-order chi connectivity index (χ1) is 8.35. The van der Waals surface area contributed by atoms with Gasteiger partial charge < -0.3 is 0 Å². The van der Waals surface area contributed by atoms with Gasteiger partial charge in [-0.2, -0.15) is 0 Å². The lowest BCUT2D eigenvalue weighted by atomic mass is 9.91. The van der Waals surface area contributed by atoms with E-state index in [1.807, 2.05) is 0 Å². The first-order valence-corrected chi connectivity index (χ1v) is 7.93. The van der Waals surface area contributed by atoms with Gasteiger partial charge in [-0.3, -0.25) is 0 Å². The van der Waals surface area contributed by atoms with Gasteiger partial charge in [0, 0.05) is 0 Å². The molecule has 0 aliphatic carbocycles. The molecule has 0 aliphatic rings. The lowest BCUT2D eigenvalue weighted by molar-refractivity contribution is 0.177. The van der Waals surface area contributed by atoms with Crippen LogP contribution in [-0.2, 0) is 5.11 Å². The zero-order chi connectivity index (χ0) is 12.8. The highest BCUT2D eigenvalue weighted by atomic mass is 16.2. The lowest BCUT2D eigenvalue weighted by Gasteiger charge is -2.16. The van der Waals surface area contributed by atoms with E-state index < -0.39 is 0 Å². The summed E-state index contributed by atoms with van der Waals surface area (Å²) >= 11 is 0. The molecule has 0 unspecified atom stereocenters. The molecule has 0 heterocycles. The van der Waals surface area contributed by atoms with Crippen LogP contribution in [0, 0.1) is 5.92 Å². The molecule has 0 saturated heterocycles. The molecule has 0 atom stereocenters. The van der Waals surface area contributed by atoms with Gasteiger partial charge in [0.15, 0.2) is 0 Å². The Bertz CT molecular complexity index is 121. The van der Waals surface area contributed by atoms with Gasteiger partial charge in [-0.1, -0.05) is 78.1 Å². The summed E-state index contributed by atoms with van der Waals surface area (Å²) < 4.78 is 0. The molecule has 1 nitrogen and oxygen atoms in total. The van der Waals surface area contributed by atoms with E-state index >= 15 is 0 Å².